The summed E-state index contributed by atoms with van der Waals surface area (Å²) in [6.45, 7) is 4.78. The fourth-order valence-electron chi connectivity index (χ4n) is 4.45. The van der Waals surface area contributed by atoms with Crippen molar-refractivity contribution in [2.24, 2.45) is 5.41 Å². The Morgan fingerprint density at radius 2 is 1.84 bits per heavy atom. The first kappa shape index (κ1) is 22.0. The molecule has 1 unspecified atom stereocenters. The maximum absolute atomic E-state index is 13.1. The molecule has 0 radical (unpaired) electrons. The van der Waals surface area contributed by atoms with Crippen LogP contribution in [-0.2, 0) is 31.3 Å². The van der Waals surface area contributed by atoms with Crippen LogP contribution in [0.25, 0.3) is 0 Å². The van der Waals surface area contributed by atoms with Gasteiger partial charge in [0.1, 0.15) is 0 Å². The first-order valence-corrected chi connectivity index (χ1v) is 13.3. The number of nitrogens with zero attached hydrogens (tertiary/aromatic N) is 1. The molecule has 0 aromatic heterocycles. The van der Waals surface area contributed by atoms with E-state index in [-0.39, 0.29) is 22.4 Å². The highest BCUT2D eigenvalue weighted by atomic mass is 32.2. The molecule has 31 heavy (non-hydrogen) atoms. The fourth-order valence-corrected chi connectivity index (χ4v) is 8.03. The predicted molar refractivity (Wildman–Crippen MR) is 119 cm³/mol. The Morgan fingerprint density at radius 3 is 2.48 bits per heavy atom. The number of hydrogen-bond donors (Lipinski definition) is 1. The minimum Gasteiger partial charge on any atom is -0.273 e. The molecule has 1 atom stereocenters. The fraction of sp³-hybridized carbons (Fsp3) is 0.409. The number of amides is 1. The highest BCUT2D eigenvalue weighted by Gasteiger charge is 2.50. The van der Waals surface area contributed by atoms with Gasteiger partial charge in [0.15, 0.2) is 0 Å². The van der Waals surface area contributed by atoms with Crippen LogP contribution in [0.1, 0.15) is 49.4 Å². The second-order valence-electron chi connectivity index (χ2n) is 8.92. The number of hydrogen-bond acceptors (Lipinski definition) is 5. The second-order valence-corrected chi connectivity index (χ2v) is 12.4. The van der Waals surface area contributed by atoms with Gasteiger partial charge in [-0.1, -0.05) is 24.3 Å². The van der Waals surface area contributed by atoms with E-state index in [1.165, 1.54) is 18.2 Å². The molecule has 0 saturated carbocycles. The van der Waals surface area contributed by atoms with Crippen molar-refractivity contribution in [3.63, 3.8) is 0 Å². The lowest BCUT2D eigenvalue weighted by atomic mass is 9.88. The van der Waals surface area contributed by atoms with Crippen molar-refractivity contribution in [3.05, 3.63) is 59.2 Å². The lowest BCUT2D eigenvalue weighted by Gasteiger charge is -2.26. The third-order valence-electron chi connectivity index (χ3n) is 5.93. The molecule has 1 N–H and O–H groups in total. The number of carbonyl (C=O) groups is 1. The van der Waals surface area contributed by atoms with Crippen LogP contribution in [0.2, 0.25) is 0 Å². The third kappa shape index (κ3) is 3.90. The molecule has 2 aliphatic rings. The highest BCUT2D eigenvalue weighted by molar-refractivity contribution is 7.94. The lowest BCUT2D eigenvalue weighted by Crippen LogP contribution is -2.33. The van der Waals surface area contributed by atoms with Gasteiger partial charge in [-0.3, -0.25) is 4.79 Å². The molecule has 1 amide bonds. The summed E-state index contributed by atoms with van der Waals surface area (Å²) in [7, 11) is -7.64. The largest absolute Gasteiger partial charge is 0.273 e. The van der Waals surface area contributed by atoms with Crippen LogP contribution in [-0.4, -0.2) is 28.5 Å². The van der Waals surface area contributed by atoms with Crippen molar-refractivity contribution in [1.82, 2.24) is 4.72 Å². The number of rotatable bonds is 4. The van der Waals surface area contributed by atoms with Gasteiger partial charge >= 0.3 is 0 Å². The Morgan fingerprint density at radius 1 is 1.13 bits per heavy atom. The molecule has 0 bridgehead atoms. The van der Waals surface area contributed by atoms with Gasteiger partial charge in [0, 0.05) is 6.04 Å². The van der Waals surface area contributed by atoms with Crippen LogP contribution in [0.15, 0.2) is 47.4 Å². The van der Waals surface area contributed by atoms with Crippen LogP contribution in [0.4, 0.5) is 5.69 Å². The summed E-state index contributed by atoms with van der Waals surface area (Å²) in [5.74, 6) is -0.792. The van der Waals surface area contributed by atoms with E-state index in [1.807, 2.05) is 24.3 Å². The third-order valence-corrected chi connectivity index (χ3v) is 9.59. The summed E-state index contributed by atoms with van der Waals surface area (Å²) in [6.07, 6.45) is 2.53. The van der Waals surface area contributed by atoms with E-state index in [0.29, 0.717) is 12.0 Å². The summed E-state index contributed by atoms with van der Waals surface area (Å²) < 4.78 is 55.0. The summed E-state index contributed by atoms with van der Waals surface area (Å²) >= 11 is 0. The maximum atomic E-state index is 13.1. The second kappa shape index (κ2) is 7.43. The van der Waals surface area contributed by atoms with Crippen LogP contribution < -0.4 is 9.03 Å². The van der Waals surface area contributed by atoms with E-state index in [1.54, 1.807) is 20.8 Å². The summed E-state index contributed by atoms with van der Waals surface area (Å²) in [6, 6.07) is 11.7. The van der Waals surface area contributed by atoms with Crippen LogP contribution in [0.5, 0.6) is 0 Å². The van der Waals surface area contributed by atoms with E-state index in [2.05, 4.69) is 4.72 Å². The number of aryl methyl sites for hydroxylation is 2. The molecule has 1 aliphatic heterocycles. The van der Waals surface area contributed by atoms with Crippen LogP contribution in [0.3, 0.4) is 0 Å². The monoisotopic (exact) mass is 462 g/mol. The number of fused-ring (bicyclic) bond motifs is 1. The first-order chi connectivity index (χ1) is 14.4. The van der Waals surface area contributed by atoms with Crippen molar-refractivity contribution in [2.75, 3.05) is 10.1 Å². The number of nitrogens with one attached hydrogen (secondary N) is 1. The number of sulfonamides is 2. The van der Waals surface area contributed by atoms with E-state index in [0.717, 1.165) is 28.3 Å². The van der Waals surface area contributed by atoms with Gasteiger partial charge in [-0.2, -0.15) is 0 Å². The molecule has 1 saturated heterocycles. The minimum absolute atomic E-state index is 0.0719. The van der Waals surface area contributed by atoms with Gasteiger partial charge in [-0.05, 0) is 74.9 Å². The summed E-state index contributed by atoms with van der Waals surface area (Å²) in [5.41, 5.74) is 1.65. The summed E-state index contributed by atoms with van der Waals surface area (Å²) in [5, 5.41) is 0. The molecular weight excluding hydrogens is 436 g/mol. The van der Waals surface area contributed by atoms with Gasteiger partial charge in [0.2, 0.25) is 26.0 Å². The Kier molecular flexibility index (Phi) is 5.27. The normalized spacial score (nSPS) is 22.4. The Labute approximate surface area is 183 Å². The molecule has 1 heterocycles. The van der Waals surface area contributed by atoms with Crippen molar-refractivity contribution in [3.8, 4) is 0 Å². The summed E-state index contributed by atoms with van der Waals surface area (Å²) in [4.78, 5) is 12.7. The van der Waals surface area contributed by atoms with E-state index < -0.39 is 31.4 Å². The molecule has 4 rings (SSSR count). The molecule has 1 fully saturated rings. The van der Waals surface area contributed by atoms with Crippen molar-refractivity contribution in [1.29, 1.82) is 0 Å². The zero-order chi connectivity index (χ0) is 22.6. The zero-order valence-corrected chi connectivity index (χ0v) is 19.4. The SMILES string of the molecule is Cc1cc(N2C(=O)C(C)(C)CS2(=O)=O)ccc1S(=O)(=O)NC1CCCc2ccccc21. The van der Waals surface area contributed by atoms with Crippen molar-refractivity contribution >= 4 is 31.6 Å². The first-order valence-electron chi connectivity index (χ1n) is 10.2. The van der Waals surface area contributed by atoms with E-state index in [4.69, 9.17) is 0 Å². The van der Waals surface area contributed by atoms with Gasteiger partial charge in [0.05, 0.1) is 21.8 Å². The number of carbonyl (C=O) groups excluding carboxylic acids is 1. The molecule has 166 valence electrons. The zero-order valence-electron chi connectivity index (χ0n) is 17.8. The van der Waals surface area contributed by atoms with E-state index in [9.17, 15) is 21.6 Å². The molecule has 1 aliphatic carbocycles. The average Bonchev–Trinajstić information content (AvgIpc) is 2.84. The predicted octanol–water partition coefficient (Wildman–Crippen LogP) is 3.05. The van der Waals surface area contributed by atoms with Gasteiger partial charge < -0.3 is 0 Å². The minimum atomic E-state index is -3.84. The van der Waals surface area contributed by atoms with Crippen LogP contribution >= 0.6 is 0 Å². The Balaban J connectivity index is 1.65. The highest BCUT2D eigenvalue weighted by Crippen LogP contribution is 2.37. The standard InChI is InChI=1S/C22H26N2O5S2/c1-15-13-17(24-21(25)22(2,3)14-30(24,26)27)11-12-20(15)31(28,29)23-19-10-6-8-16-7-4-5-9-18(16)19/h4-5,7,9,11-13,19,23H,6,8,10,14H2,1-3H3. The number of benzene rings is 2. The molecular formula is C22H26N2O5S2. The smallest absolute Gasteiger partial charge is 0.247 e. The molecule has 2 aromatic carbocycles. The maximum Gasteiger partial charge on any atom is 0.247 e. The van der Waals surface area contributed by atoms with Gasteiger partial charge in [-0.15, -0.1) is 0 Å². The molecule has 0 spiro atoms. The molecule has 2 aromatic rings. The van der Waals surface area contributed by atoms with E-state index >= 15 is 0 Å². The van der Waals surface area contributed by atoms with Gasteiger partial charge in [0.25, 0.3) is 0 Å². The topological polar surface area (TPSA) is 101 Å². The number of anilines is 1. The Bertz CT molecular complexity index is 1270. The van der Waals surface area contributed by atoms with Crippen molar-refractivity contribution < 1.29 is 21.6 Å². The van der Waals surface area contributed by atoms with Crippen molar-refractivity contribution in [2.45, 2.75) is 51.0 Å². The average molecular weight is 463 g/mol. The quantitative estimate of drug-likeness (QED) is 0.753. The van der Waals surface area contributed by atoms with Gasteiger partial charge in [-0.25, -0.2) is 25.9 Å². The Hall–Kier alpha value is -2.23. The molecule has 7 nitrogen and oxygen atoms in total. The van der Waals surface area contributed by atoms with Crippen LogP contribution in [0, 0.1) is 12.3 Å². The molecule has 9 heteroatoms. The lowest BCUT2D eigenvalue weighted by molar-refractivity contribution is -0.123.